The minimum Gasteiger partial charge on any atom is -0.465 e. The van der Waals surface area contributed by atoms with Crippen LogP contribution in [0, 0.1) is 6.92 Å². The van der Waals surface area contributed by atoms with Gasteiger partial charge in [0.15, 0.2) is 0 Å². The van der Waals surface area contributed by atoms with Crippen LogP contribution < -0.4 is 5.32 Å². The van der Waals surface area contributed by atoms with Crippen LogP contribution in [0.15, 0.2) is 97.5 Å². The number of hydrogen-bond acceptors (Lipinski definition) is 6. The fourth-order valence-corrected chi connectivity index (χ4v) is 7.51. The Balaban J connectivity index is 0.933. The summed E-state index contributed by atoms with van der Waals surface area (Å²) in [5.41, 5.74) is 6.91. The lowest BCUT2D eigenvalue weighted by atomic mass is 10.0. The van der Waals surface area contributed by atoms with Gasteiger partial charge in [-0.15, -0.1) is 0 Å². The van der Waals surface area contributed by atoms with Crippen LogP contribution in [-0.4, -0.2) is 75.8 Å². The maximum absolute atomic E-state index is 13.7. The highest BCUT2D eigenvalue weighted by Gasteiger charge is 2.37. The number of aromatic amines is 3. The predicted molar refractivity (Wildman–Crippen MR) is 197 cm³/mol. The van der Waals surface area contributed by atoms with Crippen molar-refractivity contribution in [3.8, 4) is 33.6 Å². The minimum absolute atomic E-state index is 0.0636. The van der Waals surface area contributed by atoms with Gasteiger partial charge in [0, 0.05) is 13.1 Å². The molecule has 0 radical (unpaired) electrons. The van der Waals surface area contributed by atoms with Gasteiger partial charge in [-0.2, -0.15) is 0 Å². The van der Waals surface area contributed by atoms with Crippen LogP contribution in [0.1, 0.15) is 77.3 Å². The average molecular weight is 710 g/mol. The molecule has 2 saturated heterocycles. The molecule has 3 aromatic carbocycles. The Morgan fingerprint density at radius 1 is 0.698 bits per heavy atom. The van der Waals surface area contributed by atoms with E-state index < -0.39 is 12.1 Å². The first-order valence-electron chi connectivity index (χ1n) is 17.8. The number of likely N-dealkylation sites (tertiary alicyclic amines) is 2. The molecule has 0 bridgehead atoms. The highest BCUT2D eigenvalue weighted by Crippen LogP contribution is 2.35. The van der Waals surface area contributed by atoms with Gasteiger partial charge in [0.1, 0.15) is 29.2 Å². The number of aromatic nitrogens is 6. The second kappa shape index (κ2) is 14.3. The molecule has 3 amide bonds. The third kappa shape index (κ3) is 6.80. The second-order valence-corrected chi connectivity index (χ2v) is 13.5. The zero-order valence-corrected chi connectivity index (χ0v) is 29.1. The van der Waals surface area contributed by atoms with E-state index in [-0.39, 0.29) is 23.9 Å². The Labute approximate surface area is 305 Å². The van der Waals surface area contributed by atoms with E-state index in [1.807, 2.05) is 36.2 Å². The quantitative estimate of drug-likeness (QED) is 0.109. The molecule has 0 unspecified atom stereocenters. The summed E-state index contributed by atoms with van der Waals surface area (Å²) in [6.07, 6.45) is 7.23. The first-order chi connectivity index (χ1) is 25.8. The lowest BCUT2D eigenvalue weighted by Crippen LogP contribution is -2.42. The van der Waals surface area contributed by atoms with Gasteiger partial charge < -0.3 is 35.2 Å². The van der Waals surface area contributed by atoms with Gasteiger partial charge in [-0.3, -0.25) is 9.59 Å². The topological polar surface area (TPSA) is 176 Å². The summed E-state index contributed by atoms with van der Waals surface area (Å²) < 4.78 is 0. The number of rotatable bonds is 9. The number of aryl methyl sites for hydroxylation is 1. The molecule has 3 atom stereocenters. The molecule has 2 aliphatic heterocycles. The van der Waals surface area contributed by atoms with Crippen molar-refractivity contribution < 1.29 is 19.5 Å². The van der Waals surface area contributed by atoms with Crippen LogP contribution in [0.5, 0.6) is 0 Å². The van der Waals surface area contributed by atoms with Gasteiger partial charge in [0.25, 0.3) is 11.8 Å². The van der Waals surface area contributed by atoms with Crippen molar-refractivity contribution in [2.24, 2.45) is 0 Å². The van der Waals surface area contributed by atoms with Crippen LogP contribution in [-0.2, 0) is 4.79 Å². The number of benzene rings is 3. The number of carboxylic acid groups (broad SMARTS) is 1. The maximum atomic E-state index is 13.7. The van der Waals surface area contributed by atoms with Crippen molar-refractivity contribution in [2.75, 3.05) is 13.1 Å². The molecule has 13 nitrogen and oxygen atoms in total. The number of imidazole rings is 3. The molecule has 13 heteroatoms. The molecule has 53 heavy (non-hydrogen) atoms. The van der Waals surface area contributed by atoms with Gasteiger partial charge in [-0.05, 0) is 60.4 Å². The molecule has 2 fully saturated rings. The zero-order chi connectivity index (χ0) is 36.5. The van der Waals surface area contributed by atoms with E-state index in [9.17, 15) is 19.5 Å². The van der Waals surface area contributed by atoms with E-state index in [2.05, 4.69) is 71.6 Å². The van der Waals surface area contributed by atoms with Crippen LogP contribution in [0.25, 0.3) is 33.6 Å². The molecule has 5 N–H and O–H groups in total. The summed E-state index contributed by atoms with van der Waals surface area (Å²) in [5.74, 6) is 1.81. The van der Waals surface area contributed by atoms with E-state index in [1.54, 1.807) is 41.6 Å². The standard InChI is InChI=1S/C40H39N9O4/c1-24-41-23-32(44-24)38(50)48-19-5-9-33(48)36-42-21-30(45-36)27-15-11-25(12-16-27)26-13-17-28(18-14-26)31-22-43-37(46-31)34-10-6-20-49(34)39(51)35(47-40(52)53)29-7-3-2-4-8-29/h2-4,7-8,11-18,21-23,33-35,47H,5-6,9-10,19-20H2,1H3,(H,41,44)(H,42,45)(H,43,46)(H,52,53)/t33-,34-,35+/m0/s1. The van der Waals surface area contributed by atoms with Crippen molar-refractivity contribution >= 4 is 17.9 Å². The molecule has 6 aromatic rings. The van der Waals surface area contributed by atoms with E-state index in [0.29, 0.717) is 36.0 Å². The third-order valence-corrected chi connectivity index (χ3v) is 10.2. The molecule has 0 saturated carbocycles. The summed E-state index contributed by atoms with van der Waals surface area (Å²) >= 11 is 0. The summed E-state index contributed by atoms with van der Waals surface area (Å²) in [4.78, 5) is 65.5. The van der Waals surface area contributed by atoms with Crippen molar-refractivity contribution in [1.29, 1.82) is 0 Å². The van der Waals surface area contributed by atoms with Crippen molar-refractivity contribution in [2.45, 2.75) is 50.7 Å². The predicted octanol–water partition coefficient (Wildman–Crippen LogP) is 6.82. The summed E-state index contributed by atoms with van der Waals surface area (Å²) in [6, 6.07) is 24.0. The van der Waals surface area contributed by atoms with Gasteiger partial charge >= 0.3 is 6.09 Å². The third-order valence-electron chi connectivity index (χ3n) is 10.2. The fourth-order valence-electron chi connectivity index (χ4n) is 7.51. The molecular formula is C40H39N9O4. The largest absolute Gasteiger partial charge is 0.465 e. The highest BCUT2D eigenvalue weighted by atomic mass is 16.4. The molecular weight excluding hydrogens is 670 g/mol. The normalized spacial score (nSPS) is 17.6. The first kappa shape index (κ1) is 33.6. The Morgan fingerprint density at radius 2 is 1.23 bits per heavy atom. The lowest BCUT2D eigenvalue weighted by molar-refractivity contribution is -0.134. The van der Waals surface area contributed by atoms with Crippen molar-refractivity contribution in [1.82, 2.24) is 45.0 Å². The smallest absolute Gasteiger partial charge is 0.405 e. The maximum Gasteiger partial charge on any atom is 0.405 e. The van der Waals surface area contributed by atoms with Gasteiger partial charge in [0.2, 0.25) is 0 Å². The zero-order valence-electron chi connectivity index (χ0n) is 29.1. The Morgan fingerprint density at radius 3 is 1.75 bits per heavy atom. The number of carbonyl (C=O) groups is 3. The Bertz CT molecular complexity index is 2240. The number of amides is 3. The van der Waals surface area contributed by atoms with E-state index in [4.69, 9.17) is 0 Å². The summed E-state index contributed by atoms with van der Waals surface area (Å²) in [7, 11) is 0. The Kier molecular flexibility index (Phi) is 9.05. The molecule has 2 aliphatic rings. The number of H-pyrrole nitrogens is 3. The second-order valence-electron chi connectivity index (χ2n) is 13.5. The lowest BCUT2D eigenvalue weighted by Gasteiger charge is -2.28. The fraction of sp³-hybridized carbons (Fsp3) is 0.250. The van der Waals surface area contributed by atoms with E-state index in [1.165, 1.54) is 0 Å². The van der Waals surface area contributed by atoms with Crippen molar-refractivity contribution in [3.05, 3.63) is 126 Å². The SMILES string of the molecule is Cc1ncc(C(=O)N2CCC[C@H]2c2ncc(-c3ccc(-c4ccc(-c5cnc([C@@H]6CCCN6C(=O)[C@H](NC(=O)O)c6ccccc6)[nH]5)cc4)cc3)[nH]2)[nH]1. The summed E-state index contributed by atoms with van der Waals surface area (Å²) in [5, 5.41) is 11.9. The number of hydrogen-bond donors (Lipinski definition) is 5. The van der Waals surface area contributed by atoms with Gasteiger partial charge in [-0.25, -0.2) is 19.7 Å². The van der Waals surface area contributed by atoms with Crippen LogP contribution >= 0.6 is 0 Å². The van der Waals surface area contributed by atoms with Crippen LogP contribution in [0.4, 0.5) is 4.79 Å². The van der Waals surface area contributed by atoms with E-state index >= 15 is 0 Å². The average Bonchev–Trinajstić information content (AvgIpc) is 4.03. The highest BCUT2D eigenvalue weighted by molar-refractivity contribution is 5.92. The molecule has 8 rings (SSSR count). The van der Waals surface area contributed by atoms with Crippen LogP contribution in [0.2, 0.25) is 0 Å². The molecule has 0 spiro atoms. The van der Waals surface area contributed by atoms with Gasteiger partial charge in [-0.1, -0.05) is 78.9 Å². The molecule has 0 aliphatic carbocycles. The first-order valence-corrected chi connectivity index (χ1v) is 17.8. The minimum atomic E-state index is -1.25. The molecule has 3 aromatic heterocycles. The molecule has 5 heterocycles. The number of carbonyl (C=O) groups excluding carboxylic acids is 2. The molecule has 268 valence electrons. The summed E-state index contributed by atoms with van der Waals surface area (Å²) in [6.45, 7) is 3.03. The van der Waals surface area contributed by atoms with Gasteiger partial charge in [0.05, 0.1) is 42.1 Å². The van der Waals surface area contributed by atoms with Crippen molar-refractivity contribution in [3.63, 3.8) is 0 Å². The number of nitrogens with zero attached hydrogens (tertiary/aromatic N) is 5. The Hall–Kier alpha value is -6.50. The number of nitrogens with one attached hydrogen (secondary N) is 4. The van der Waals surface area contributed by atoms with E-state index in [0.717, 1.165) is 65.1 Å². The monoisotopic (exact) mass is 709 g/mol. The van der Waals surface area contributed by atoms with Crippen LogP contribution in [0.3, 0.4) is 0 Å².